The Morgan fingerprint density at radius 2 is 2.24 bits per heavy atom. The van der Waals surface area contributed by atoms with Crippen molar-refractivity contribution in [3.63, 3.8) is 0 Å². The lowest BCUT2D eigenvalue weighted by Gasteiger charge is -2.27. The van der Waals surface area contributed by atoms with Crippen molar-refractivity contribution in [1.29, 1.82) is 0 Å². The molecule has 21 heavy (non-hydrogen) atoms. The van der Waals surface area contributed by atoms with Crippen LogP contribution in [0.5, 0.6) is 5.75 Å². The fourth-order valence-corrected chi connectivity index (χ4v) is 2.79. The summed E-state index contributed by atoms with van der Waals surface area (Å²) >= 11 is 0. The molecule has 2 rings (SSSR count). The number of hydrogen-bond acceptors (Lipinski definition) is 3. The summed E-state index contributed by atoms with van der Waals surface area (Å²) in [6, 6.07) is 6.63. The van der Waals surface area contributed by atoms with Crippen molar-refractivity contribution in [3.8, 4) is 5.75 Å². The van der Waals surface area contributed by atoms with E-state index in [9.17, 15) is 4.79 Å². The Labute approximate surface area is 127 Å². The number of fused-ring (bicyclic) bond motifs is 1. The van der Waals surface area contributed by atoms with Crippen LogP contribution in [0.1, 0.15) is 50.3 Å². The van der Waals surface area contributed by atoms with Crippen molar-refractivity contribution in [2.24, 2.45) is 0 Å². The first-order valence-electron chi connectivity index (χ1n) is 8.00. The van der Waals surface area contributed by atoms with E-state index in [-0.39, 0.29) is 12.5 Å². The molecule has 2 N–H and O–H groups in total. The van der Waals surface area contributed by atoms with E-state index in [0.717, 1.165) is 25.1 Å². The molecule has 1 aromatic rings. The minimum atomic E-state index is -0.0733. The Morgan fingerprint density at radius 3 is 3.00 bits per heavy atom. The summed E-state index contributed by atoms with van der Waals surface area (Å²) in [4.78, 5) is 11.5. The second-order valence-electron chi connectivity index (χ2n) is 5.50. The van der Waals surface area contributed by atoms with Gasteiger partial charge < -0.3 is 15.4 Å². The number of carbonyl (C=O) groups is 1. The summed E-state index contributed by atoms with van der Waals surface area (Å²) in [6.07, 6.45) is 4.68. The molecule has 0 fully saturated rings. The van der Waals surface area contributed by atoms with E-state index in [1.807, 2.05) is 13.0 Å². The lowest BCUT2D eigenvalue weighted by atomic mass is 9.87. The molecule has 0 spiro atoms. The van der Waals surface area contributed by atoms with E-state index in [2.05, 4.69) is 29.7 Å². The Kier molecular flexibility index (Phi) is 6.05. The number of rotatable bonds is 7. The van der Waals surface area contributed by atoms with Gasteiger partial charge in [0.05, 0.1) is 0 Å². The molecule has 0 bridgehead atoms. The van der Waals surface area contributed by atoms with Crippen LogP contribution in [0.15, 0.2) is 18.2 Å². The van der Waals surface area contributed by atoms with Gasteiger partial charge in [0.1, 0.15) is 5.75 Å². The number of likely N-dealkylation sites (N-methyl/N-ethyl adjacent to an activating group) is 1. The van der Waals surface area contributed by atoms with Crippen LogP contribution in [0.2, 0.25) is 0 Å². The number of amides is 1. The van der Waals surface area contributed by atoms with Crippen LogP contribution in [0.3, 0.4) is 0 Å². The lowest BCUT2D eigenvalue weighted by molar-refractivity contribution is -0.122. The van der Waals surface area contributed by atoms with Gasteiger partial charge in [-0.3, -0.25) is 4.79 Å². The Bertz CT molecular complexity index is 474. The standard InChI is InChI=1S/C17H26N2O2/c1-3-10-19-16-7-5-6-13-8-9-14(11-15(13)16)21-12-17(20)18-4-2/h8-9,11,16,19H,3-7,10,12H2,1-2H3,(H,18,20). The van der Waals surface area contributed by atoms with Gasteiger partial charge in [-0.15, -0.1) is 0 Å². The van der Waals surface area contributed by atoms with E-state index < -0.39 is 0 Å². The van der Waals surface area contributed by atoms with Crippen LogP contribution < -0.4 is 15.4 Å². The molecule has 1 unspecified atom stereocenters. The number of ether oxygens (including phenoxy) is 1. The smallest absolute Gasteiger partial charge is 0.257 e. The summed E-state index contributed by atoms with van der Waals surface area (Å²) in [5, 5.41) is 6.34. The van der Waals surface area contributed by atoms with Gasteiger partial charge in [0.2, 0.25) is 0 Å². The van der Waals surface area contributed by atoms with Crippen molar-refractivity contribution in [2.45, 2.75) is 45.6 Å². The average Bonchev–Trinajstić information content (AvgIpc) is 2.51. The maximum Gasteiger partial charge on any atom is 0.257 e. The van der Waals surface area contributed by atoms with Crippen LogP contribution in [-0.4, -0.2) is 25.6 Å². The molecule has 0 aliphatic heterocycles. The second-order valence-corrected chi connectivity index (χ2v) is 5.50. The molecule has 1 amide bonds. The Balaban J connectivity index is 2.03. The van der Waals surface area contributed by atoms with Gasteiger partial charge >= 0.3 is 0 Å². The van der Waals surface area contributed by atoms with E-state index in [0.29, 0.717) is 12.6 Å². The zero-order chi connectivity index (χ0) is 15.1. The summed E-state index contributed by atoms with van der Waals surface area (Å²) in [5.41, 5.74) is 2.74. The number of benzene rings is 1. The normalized spacial score (nSPS) is 17.1. The number of hydrogen-bond donors (Lipinski definition) is 2. The molecule has 1 aromatic carbocycles. The van der Waals surface area contributed by atoms with Crippen molar-refractivity contribution in [2.75, 3.05) is 19.7 Å². The van der Waals surface area contributed by atoms with Gasteiger partial charge in [0.15, 0.2) is 6.61 Å². The highest BCUT2D eigenvalue weighted by Crippen LogP contribution is 2.32. The first-order valence-corrected chi connectivity index (χ1v) is 8.00. The quantitative estimate of drug-likeness (QED) is 0.811. The summed E-state index contributed by atoms with van der Waals surface area (Å²) < 4.78 is 5.60. The molecule has 4 heteroatoms. The van der Waals surface area contributed by atoms with Crippen LogP contribution in [0.4, 0.5) is 0 Å². The third-order valence-corrected chi connectivity index (χ3v) is 3.82. The SMILES string of the molecule is CCCNC1CCCc2ccc(OCC(=O)NCC)cc21. The highest BCUT2D eigenvalue weighted by Gasteiger charge is 2.20. The van der Waals surface area contributed by atoms with Gasteiger partial charge in [-0.05, 0) is 62.4 Å². The molecule has 1 aliphatic rings. The van der Waals surface area contributed by atoms with Crippen molar-refractivity contribution < 1.29 is 9.53 Å². The van der Waals surface area contributed by atoms with Crippen molar-refractivity contribution >= 4 is 5.91 Å². The van der Waals surface area contributed by atoms with Crippen LogP contribution in [-0.2, 0) is 11.2 Å². The Hall–Kier alpha value is -1.55. The van der Waals surface area contributed by atoms with E-state index in [4.69, 9.17) is 4.74 Å². The average molecular weight is 290 g/mol. The first kappa shape index (κ1) is 15.8. The zero-order valence-electron chi connectivity index (χ0n) is 13.1. The maximum absolute atomic E-state index is 11.5. The Morgan fingerprint density at radius 1 is 1.38 bits per heavy atom. The molecule has 0 saturated carbocycles. The van der Waals surface area contributed by atoms with Crippen LogP contribution >= 0.6 is 0 Å². The van der Waals surface area contributed by atoms with Crippen molar-refractivity contribution in [1.82, 2.24) is 10.6 Å². The summed E-state index contributed by atoms with van der Waals surface area (Å²) in [5.74, 6) is 0.709. The minimum absolute atomic E-state index is 0.0733. The van der Waals surface area contributed by atoms with Gasteiger partial charge in [0, 0.05) is 12.6 Å². The molecule has 4 nitrogen and oxygen atoms in total. The third kappa shape index (κ3) is 4.46. The molecule has 0 heterocycles. The predicted molar refractivity (Wildman–Crippen MR) is 84.6 cm³/mol. The summed E-state index contributed by atoms with van der Waals surface area (Å²) in [7, 11) is 0. The van der Waals surface area contributed by atoms with Gasteiger partial charge in [-0.1, -0.05) is 13.0 Å². The topological polar surface area (TPSA) is 50.4 Å². The molecule has 1 aliphatic carbocycles. The highest BCUT2D eigenvalue weighted by atomic mass is 16.5. The second kappa shape index (κ2) is 8.03. The van der Waals surface area contributed by atoms with Crippen LogP contribution in [0.25, 0.3) is 0 Å². The molecule has 1 atom stereocenters. The predicted octanol–water partition coefficient (Wildman–Crippen LogP) is 2.58. The molecule has 0 saturated heterocycles. The van der Waals surface area contributed by atoms with Gasteiger partial charge in [-0.25, -0.2) is 0 Å². The maximum atomic E-state index is 11.5. The van der Waals surface area contributed by atoms with E-state index in [1.165, 1.54) is 24.0 Å². The van der Waals surface area contributed by atoms with Gasteiger partial charge in [0.25, 0.3) is 5.91 Å². The molecule has 0 radical (unpaired) electrons. The number of aryl methyl sites for hydroxylation is 1. The van der Waals surface area contributed by atoms with Crippen molar-refractivity contribution in [3.05, 3.63) is 29.3 Å². The molecular weight excluding hydrogens is 264 g/mol. The van der Waals surface area contributed by atoms with Gasteiger partial charge in [-0.2, -0.15) is 0 Å². The fourth-order valence-electron chi connectivity index (χ4n) is 2.79. The molecule has 116 valence electrons. The molecular formula is C17H26N2O2. The highest BCUT2D eigenvalue weighted by molar-refractivity contribution is 5.77. The van der Waals surface area contributed by atoms with E-state index >= 15 is 0 Å². The van der Waals surface area contributed by atoms with E-state index in [1.54, 1.807) is 0 Å². The minimum Gasteiger partial charge on any atom is -0.484 e. The first-order chi connectivity index (χ1) is 10.2. The molecule has 0 aromatic heterocycles. The lowest BCUT2D eigenvalue weighted by Crippen LogP contribution is -2.28. The fraction of sp³-hybridized carbons (Fsp3) is 0.588. The number of carbonyl (C=O) groups excluding carboxylic acids is 1. The third-order valence-electron chi connectivity index (χ3n) is 3.82. The van der Waals surface area contributed by atoms with Crippen LogP contribution in [0, 0.1) is 0 Å². The number of nitrogens with one attached hydrogen (secondary N) is 2. The zero-order valence-corrected chi connectivity index (χ0v) is 13.1. The monoisotopic (exact) mass is 290 g/mol. The summed E-state index contributed by atoms with van der Waals surface area (Å²) in [6.45, 7) is 5.84. The largest absolute Gasteiger partial charge is 0.484 e.